The Morgan fingerprint density at radius 1 is 1.05 bits per heavy atom. The van der Waals surface area contributed by atoms with Gasteiger partial charge < -0.3 is 26.2 Å². The molecular formula is C34H57N3O2. The van der Waals surface area contributed by atoms with Crippen molar-refractivity contribution in [1.82, 2.24) is 16.0 Å². The molecule has 0 radical (unpaired) electrons. The Labute approximate surface area is 237 Å². The molecular weight excluding hydrogens is 482 g/mol. The third kappa shape index (κ3) is 3.81. The maximum absolute atomic E-state index is 12.7. The maximum atomic E-state index is 12.7. The zero-order valence-electron chi connectivity index (χ0n) is 25.2. The SMILES string of the molecule is CNC[C@H](C)CCC[C@H]1C[C@H]2[C@@H]3N[C@H](CNC)CC[C@@H]3C[C@@]34[C@@H](O)[C@@H]5C=C[C@H]6C[C@]5(C)C[C@](O)(C6)[C@@H]3C[C@]24C1. The van der Waals surface area contributed by atoms with Gasteiger partial charge in [-0.15, -0.1) is 0 Å². The summed E-state index contributed by atoms with van der Waals surface area (Å²) in [6, 6.07) is 1.16. The van der Waals surface area contributed by atoms with Crippen LogP contribution in [0.5, 0.6) is 0 Å². The van der Waals surface area contributed by atoms with Gasteiger partial charge in [0.2, 0.25) is 0 Å². The fraction of sp³-hybridized carbons (Fsp3) is 0.941. The van der Waals surface area contributed by atoms with Gasteiger partial charge in [-0.1, -0.05) is 38.8 Å². The number of aliphatic hydroxyl groups excluding tert-OH is 1. The minimum atomic E-state index is -0.599. The van der Waals surface area contributed by atoms with Gasteiger partial charge in [-0.25, -0.2) is 0 Å². The predicted octanol–water partition coefficient (Wildman–Crippen LogP) is 4.49. The fourth-order valence-corrected chi connectivity index (χ4v) is 13.2. The van der Waals surface area contributed by atoms with Crippen LogP contribution in [0.15, 0.2) is 12.2 Å². The molecule has 0 unspecified atom stereocenters. The monoisotopic (exact) mass is 539 g/mol. The van der Waals surface area contributed by atoms with Crippen molar-refractivity contribution in [3.63, 3.8) is 0 Å². The average Bonchev–Trinajstić information content (AvgIpc) is 3.26. The molecule has 14 atom stereocenters. The molecule has 7 aliphatic rings. The van der Waals surface area contributed by atoms with E-state index < -0.39 is 5.60 Å². The lowest BCUT2D eigenvalue weighted by Crippen LogP contribution is -2.76. The Hall–Kier alpha value is -0.460. The highest BCUT2D eigenvalue weighted by Crippen LogP contribution is 2.83. The molecule has 1 saturated heterocycles. The second-order valence-corrected chi connectivity index (χ2v) is 16.4. The maximum Gasteiger partial charge on any atom is 0.0693 e. The number of likely N-dealkylation sites (N-methyl/N-ethyl adjacent to an activating group) is 1. The van der Waals surface area contributed by atoms with Crippen LogP contribution in [0.4, 0.5) is 0 Å². The van der Waals surface area contributed by atoms with Crippen molar-refractivity contribution in [2.75, 3.05) is 27.2 Å². The van der Waals surface area contributed by atoms with E-state index in [1.807, 2.05) is 0 Å². The van der Waals surface area contributed by atoms with Crippen LogP contribution < -0.4 is 16.0 Å². The van der Waals surface area contributed by atoms with Crippen LogP contribution in [0.25, 0.3) is 0 Å². The average molecular weight is 540 g/mol. The van der Waals surface area contributed by atoms with E-state index in [0.29, 0.717) is 29.8 Å². The molecule has 3 bridgehead atoms. The molecule has 1 aliphatic heterocycles. The number of allylic oxidation sites excluding steroid dienone is 1. The van der Waals surface area contributed by atoms with E-state index in [1.54, 1.807) is 0 Å². The number of piperidine rings is 1. The van der Waals surface area contributed by atoms with E-state index in [4.69, 9.17) is 0 Å². The third-order valence-electron chi connectivity index (χ3n) is 14.2. The van der Waals surface area contributed by atoms with Crippen LogP contribution in [-0.2, 0) is 0 Å². The van der Waals surface area contributed by atoms with Gasteiger partial charge >= 0.3 is 0 Å². The predicted molar refractivity (Wildman–Crippen MR) is 157 cm³/mol. The molecule has 39 heavy (non-hydrogen) atoms. The van der Waals surface area contributed by atoms with E-state index in [9.17, 15) is 10.2 Å². The minimum absolute atomic E-state index is 0.0373. The second kappa shape index (κ2) is 9.53. The van der Waals surface area contributed by atoms with E-state index in [-0.39, 0.29) is 34.2 Å². The molecule has 5 N–H and O–H groups in total. The molecule has 5 heteroatoms. The van der Waals surface area contributed by atoms with Crippen LogP contribution in [0, 0.1) is 57.7 Å². The Bertz CT molecular complexity index is 972. The van der Waals surface area contributed by atoms with Gasteiger partial charge in [-0.3, -0.25) is 0 Å². The first kappa shape index (κ1) is 27.4. The van der Waals surface area contributed by atoms with Crippen LogP contribution >= 0.6 is 0 Å². The molecule has 0 aromatic heterocycles. The Kier molecular flexibility index (Phi) is 6.69. The van der Waals surface area contributed by atoms with Crippen molar-refractivity contribution in [2.24, 2.45) is 57.7 Å². The summed E-state index contributed by atoms with van der Waals surface area (Å²) in [5.74, 6) is 3.77. The molecule has 220 valence electrons. The first-order valence-corrected chi connectivity index (χ1v) is 16.8. The molecule has 5 saturated carbocycles. The minimum Gasteiger partial charge on any atom is -0.392 e. The molecule has 0 amide bonds. The first-order valence-electron chi connectivity index (χ1n) is 16.8. The lowest BCUT2D eigenvalue weighted by molar-refractivity contribution is -0.308. The van der Waals surface area contributed by atoms with Crippen LogP contribution in [0.3, 0.4) is 0 Å². The van der Waals surface area contributed by atoms with Gasteiger partial charge in [-0.05, 0) is 131 Å². The topological polar surface area (TPSA) is 76.5 Å². The molecule has 0 aromatic rings. The van der Waals surface area contributed by atoms with Crippen LogP contribution in [0.1, 0.15) is 90.9 Å². The molecule has 5 nitrogen and oxygen atoms in total. The first-order chi connectivity index (χ1) is 18.7. The van der Waals surface area contributed by atoms with Gasteiger partial charge in [0.05, 0.1) is 11.7 Å². The summed E-state index contributed by atoms with van der Waals surface area (Å²) < 4.78 is 0. The van der Waals surface area contributed by atoms with Crippen molar-refractivity contribution >= 4 is 0 Å². The second-order valence-electron chi connectivity index (χ2n) is 16.4. The Morgan fingerprint density at radius 2 is 1.90 bits per heavy atom. The van der Waals surface area contributed by atoms with Crippen LogP contribution in [-0.4, -0.2) is 61.2 Å². The summed E-state index contributed by atoms with van der Waals surface area (Å²) in [5, 5.41) is 36.3. The van der Waals surface area contributed by atoms with Crippen molar-refractivity contribution in [3.8, 4) is 0 Å². The van der Waals surface area contributed by atoms with E-state index in [2.05, 4.69) is 56.0 Å². The summed E-state index contributed by atoms with van der Waals surface area (Å²) >= 11 is 0. The molecule has 0 aromatic carbocycles. The summed E-state index contributed by atoms with van der Waals surface area (Å²) in [6.45, 7) is 6.96. The normalized spacial score (nSPS) is 55.6. The van der Waals surface area contributed by atoms with Gasteiger partial charge in [0, 0.05) is 30.0 Å². The largest absolute Gasteiger partial charge is 0.392 e. The third-order valence-corrected chi connectivity index (χ3v) is 14.2. The van der Waals surface area contributed by atoms with Crippen molar-refractivity contribution < 1.29 is 10.2 Å². The fourth-order valence-electron chi connectivity index (χ4n) is 13.2. The summed E-state index contributed by atoms with van der Waals surface area (Å²) in [4.78, 5) is 0. The van der Waals surface area contributed by atoms with Gasteiger partial charge in [0.1, 0.15) is 0 Å². The Balaban J connectivity index is 1.24. The van der Waals surface area contributed by atoms with Gasteiger partial charge in [-0.2, -0.15) is 0 Å². The highest BCUT2D eigenvalue weighted by atomic mass is 16.3. The van der Waals surface area contributed by atoms with Crippen molar-refractivity contribution in [2.45, 2.75) is 115 Å². The van der Waals surface area contributed by atoms with Crippen molar-refractivity contribution in [3.05, 3.63) is 12.2 Å². The van der Waals surface area contributed by atoms with E-state index in [1.165, 1.54) is 44.9 Å². The van der Waals surface area contributed by atoms with Gasteiger partial charge in [0.15, 0.2) is 0 Å². The summed E-state index contributed by atoms with van der Waals surface area (Å²) in [6.07, 6.45) is 18.9. The lowest BCUT2D eigenvalue weighted by Gasteiger charge is -2.75. The molecule has 6 aliphatic carbocycles. The highest BCUT2D eigenvalue weighted by Gasteiger charge is 2.82. The summed E-state index contributed by atoms with van der Waals surface area (Å²) in [5.41, 5.74) is -0.470. The van der Waals surface area contributed by atoms with Gasteiger partial charge in [0.25, 0.3) is 0 Å². The standard InChI is InChI=1S/C34H57N3O2/c1-21(18-35-3)6-5-7-22-12-27-29-24(9-10-25(37-29)19-36-4)16-34-28(17-32(27,34)14-22)33(39)15-23-8-11-26(30(34)38)31(2,13-23)20-33/h8,11,21-30,35-39H,5-7,9-10,12-20H2,1-4H3/t21-,22+,23+,24-,25+,26+,27+,28+,29-,30+,31-,32-,33-,34+/m1/s1. The highest BCUT2D eigenvalue weighted by molar-refractivity contribution is 5.33. The number of aliphatic hydroxyl groups is 2. The van der Waals surface area contributed by atoms with Crippen LogP contribution in [0.2, 0.25) is 0 Å². The number of hydrogen-bond acceptors (Lipinski definition) is 5. The molecule has 7 rings (SSSR count). The zero-order chi connectivity index (χ0) is 27.2. The smallest absolute Gasteiger partial charge is 0.0693 e. The number of nitrogens with one attached hydrogen (secondary N) is 3. The molecule has 2 spiro atoms. The lowest BCUT2D eigenvalue weighted by atomic mass is 9.30. The molecule has 1 heterocycles. The van der Waals surface area contributed by atoms with Crippen molar-refractivity contribution in [1.29, 1.82) is 0 Å². The number of rotatable bonds is 8. The zero-order valence-corrected chi connectivity index (χ0v) is 25.2. The Morgan fingerprint density at radius 3 is 2.69 bits per heavy atom. The summed E-state index contributed by atoms with van der Waals surface area (Å²) in [7, 11) is 4.16. The van der Waals surface area contributed by atoms with E-state index >= 15 is 0 Å². The number of hydrogen-bond donors (Lipinski definition) is 5. The molecule has 6 fully saturated rings. The van der Waals surface area contributed by atoms with E-state index in [0.717, 1.165) is 57.0 Å². The number of fused-ring (bicyclic) bond motifs is 5. The quantitative estimate of drug-likeness (QED) is 0.294.